The van der Waals surface area contributed by atoms with Crippen LogP contribution >= 0.6 is 0 Å². The van der Waals surface area contributed by atoms with E-state index in [9.17, 15) is 9.18 Å². The maximum Gasteiger partial charge on any atom is 0.198 e. The molecule has 0 aliphatic rings. The SMILES string of the molecule is Nc1c(C(=O)c2cccc(OCC[n+]3ccccc3)c2)cnn1-c1ccc(F)cc1. The Hall–Kier alpha value is -4.00. The molecule has 4 aromatic rings. The van der Waals surface area contributed by atoms with E-state index >= 15 is 0 Å². The predicted octanol–water partition coefficient (Wildman–Crippen LogP) is 3.19. The normalized spacial score (nSPS) is 10.7. The Bertz CT molecular complexity index is 1160. The van der Waals surface area contributed by atoms with Gasteiger partial charge in [0.05, 0.1) is 17.4 Å². The van der Waals surface area contributed by atoms with Gasteiger partial charge in [-0.05, 0) is 36.4 Å². The number of halogens is 1. The van der Waals surface area contributed by atoms with E-state index in [4.69, 9.17) is 10.5 Å². The highest BCUT2D eigenvalue weighted by Crippen LogP contribution is 2.22. The Morgan fingerprint density at radius 3 is 2.60 bits per heavy atom. The fourth-order valence-electron chi connectivity index (χ4n) is 3.06. The molecule has 0 saturated carbocycles. The van der Waals surface area contributed by atoms with E-state index in [0.717, 1.165) is 0 Å². The van der Waals surface area contributed by atoms with E-state index in [-0.39, 0.29) is 23.0 Å². The van der Waals surface area contributed by atoms with Gasteiger partial charge in [0.1, 0.15) is 24.0 Å². The molecule has 2 aromatic carbocycles. The number of ether oxygens (including phenoxy) is 1. The van der Waals surface area contributed by atoms with Gasteiger partial charge in [-0.2, -0.15) is 5.10 Å². The number of nitrogen functional groups attached to an aromatic ring is 1. The van der Waals surface area contributed by atoms with Crippen LogP contribution in [0.4, 0.5) is 10.2 Å². The van der Waals surface area contributed by atoms with Crippen molar-refractivity contribution in [2.45, 2.75) is 6.54 Å². The molecule has 2 N–H and O–H groups in total. The van der Waals surface area contributed by atoms with E-state index < -0.39 is 0 Å². The Kier molecular flexibility index (Phi) is 5.52. The highest BCUT2D eigenvalue weighted by molar-refractivity contribution is 6.11. The minimum absolute atomic E-state index is 0.193. The number of aromatic nitrogens is 3. The van der Waals surface area contributed by atoms with Gasteiger partial charge in [-0.25, -0.2) is 13.6 Å². The quantitative estimate of drug-likeness (QED) is 0.380. The van der Waals surface area contributed by atoms with E-state index in [1.165, 1.54) is 23.0 Å². The Labute approximate surface area is 173 Å². The first-order chi connectivity index (χ1) is 14.6. The largest absolute Gasteiger partial charge is 0.487 e. The van der Waals surface area contributed by atoms with Crippen LogP contribution in [0.2, 0.25) is 0 Å². The summed E-state index contributed by atoms with van der Waals surface area (Å²) in [7, 11) is 0. The van der Waals surface area contributed by atoms with E-state index in [2.05, 4.69) is 5.10 Å². The highest BCUT2D eigenvalue weighted by atomic mass is 19.1. The zero-order valence-corrected chi connectivity index (χ0v) is 16.1. The number of hydrogen-bond donors (Lipinski definition) is 1. The number of pyridine rings is 1. The first-order valence-electron chi connectivity index (χ1n) is 9.43. The maximum atomic E-state index is 13.2. The van der Waals surface area contributed by atoms with Crippen LogP contribution in [-0.2, 0) is 6.54 Å². The van der Waals surface area contributed by atoms with E-state index in [0.29, 0.717) is 30.2 Å². The molecule has 2 heterocycles. The van der Waals surface area contributed by atoms with Crippen molar-refractivity contribution in [3.8, 4) is 11.4 Å². The summed E-state index contributed by atoms with van der Waals surface area (Å²) in [6, 6.07) is 18.5. The minimum atomic E-state index is -0.358. The third-order valence-electron chi connectivity index (χ3n) is 4.61. The lowest BCUT2D eigenvalue weighted by molar-refractivity contribution is -0.697. The van der Waals surface area contributed by atoms with Crippen molar-refractivity contribution in [3.05, 3.63) is 102 Å². The minimum Gasteiger partial charge on any atom is -0.487 e. The van der Waals surface area contributed by atoms with E-state index in [1.807, 2.05) is 35.2 Å². The van der Waals surface area contributed by atoms with Gasteiger partial charge in [0.15, 0.2) is 24.7 Å². The Morgan fingerprint density at radius 2 is 1.83 bits per heavy atom. The number of anilines is 1. The number of carbonyl (C=O) groups is 1. The molecular weight excluding hydrogens is 383 g/mol. The summed E-state index contributed by atoms with van der Waals surface area (Å²) < 4.78 is 22.4. The lowest BCUT2D eigenvalue weighted by Gasteiger charge is -2.07. The monoisotopic (exact) mass is 403 g/mol. The summed E-state index contributed by atoms with van der Waals surface area (Å²) in [4.78, 5) is 13.0. The maximum absolute atomic E-state index is 13.2. The van der Waals surface area contributed by atoms with Gasteiger partial charge in [-0.1, -0.05) is 18.2 Å². The molecular formula is C23H20FN4O2+. The molecule has 150 valence electrons. The number of hydrogen-bond acceptors (Lipinski definition) is 4. The fraction of sp³-hybridized carbons (Fsp3) is 0.0870. The number of ketones is 1. The summed E-state index contributed by atoms with van der Waals surface area (Å²) >= 11 is 0. The third kappa shape index (κ3) is 4.20. The molecule has 2 aromatic heterocycles. The van der Waals surface area contributed by atoms with Crippen LogP contribution in [-0.4, -0.2) is 22.2 Å². The number of rotatable bonds is 7. The lowest BCUT2D eigenvalue weighted by Crippen LogP contribution is -2.35. The Morgan fingerprint density at radius 1 is 1.07 bits per heavy atom. The van der Waals surface area contributed by atoms with Crippen molar-refractivity contribution in [2.24, 2.45) is 0 Å². The molecule has 0 fully saturated rings. The predicted molar refractivity (Wildman–Crippen MR) is 110 cm³/mol. The highest BCUT2D eigenvalue weighted by Gasteiger charge is 2.18. The molecule has 30 heavy (non-hydrogen) atoms. The van der Waals surface area contributed by atoms with E-state index in [1.54, 1.807) is 36.4 Å². The first-order valence-corrected chi connectivity index (χ1v) is 9.43. The van der Waals surface area contributed by atoms with Gasteiger partial charge in [0, 0.05) is 17.7 Å². The topological polar surface area (TPSA) is 74.0 Å². The fourth-order valence-corrected chi connectivity index (χ4v) is 3.06. The zero-order valence-electron chi connectivity index (χ0n) is 16.1. The van der Waals surface area contributed by atoms with Gasteiger partial charge in [0.2, 0.25) is 0 Å². The molecule has 0 saturated heterocycles. The molecule has 0 aliphatic heterocycles. The number of carbonyl (C=O) groups excluding carboxylic acids is 1. The summed E-state index contributed by atoms with van der Waals surface area (Å²) in [6.07, 6.45) is 5.34. The number of nitrogens with zero attached hydrogens (tertiary/aromatic N) is 3. The standard InChI is InChI=1S/C23H19FN4O2/c24-18-7-9-19(10-8-18)28-23(25)21(16-26-28)22(29)17-5-4-6-20(15-17)30-14-13-27-11-2-1-3-12-27/h1-12,15-16H,13-14H2,(H-,25,26,29)/p+1. The zero-order chi connectivity index (χ0) is 20.9. The van der Waals surface area contributed by atoms with Gasteiger partial charge in [-0.3, -0.25) is 4.79 Å². The molecule has 0 aliphatic carbocycles. The average molecular weight is 403 g/mol. The molecule has 4 rings (SSSR count). The lowest BCUT2D eigenvalue weighted by atomic mass is 10.1. The van der Waals surface area contributed by atoms with Crippen LogP contribution in [0, 0.1) is 5.82 Å². The molecule has 0 spiro atoms. The Balaban J connectivity index is 1.48. The smallest absolute Gasteiger partial charge is 0.198 e. The molecule has 6 nitrogen and oxygen atoms in total. The molecule has 0 amide bonds. The second-order valence-electron chi connectivity index (χ2n) is 6.65. The van der Waals surface area contributed by atoms with Crippen LogP contribution in [0.15, 0.2) is 85.3 Å². The molecule has 0 bridgehead atoms. The summed E-state index contributed by atoms with van der Waals surface area (Å²) in [5.41, 5.74) is 7.44. The molecule has 7 heteroatoms. The van der Waals surface area contributed by atoms with Crippen molar-refractivity contribution in [1.29, 1.82) is 0 Å². The van der Waals surface area contributed by atoms with Crippen LogP contribution in [0.1, 0.15) is 15.9 Å². The van der Waals surface area contributed by atoms with Crippen LogP contribution < -0.4 is 15.0 Å². The molecule has 0 atom stereocenters. The van der Waals surface area contributed by atoms with Gasteiger partial charge < -0.3 is 10.5 Å². The van der Waals surface area contributed by atoms with Crippen molar-refractivity contribution in [3.63, 3.8) is 0 Å². The second kappa shape index (κ2) is 8.57. The molecule has 0 radical (unpaired) electrons. The van der Waals surface area contributed by atoms with Crippen molar-refractivity contribution >= 4 is 11.6 Å². The first kappa shape index (κ1) is 19.3. The second-order valence-corrected chi connectivity index (χ2v) is 6.65. The van der Waals surface area contributed by atoms with Crippen LogP contribution in [0.25, 0.3) is 5.69 Å². The van der Waals surface area contributed by atoms with Crippen LogP contribution in [0.5, 0.6) is 5.75 Å². The average Bonchev–Trinajstić information content (AvgIpc) is 3.16. The van der Waals surface area contributed by atoms with Crippen molar-refractivity contribution in [1.82, 2.24) is 9.78 Å². The summed E-state index contributed by atoms with van der Waals surface area (Å²) in [5, 5.41) is 4.18. The van der Waals surface area contributed by atoms with Crippen LogP contribution in [0.3, 0.4) is 0 Å². The van der Waals surface area contributed by atoms with Gasteiger partial charge in [0.25, 0.3) is 0 Å². The van der Waals surface area contributed by atoms with Crippen molar-refractivity contribution in [2.75, 3.05) is 12.3 Å². The molecule has 0 unspecified atom stereocenters. The summed E-state index contributed by atoms with van der Waals surface area (Å²) in [6.45, 7) is 1.16. The number of nitrogens with two attached hydrogens (primary N) is 1. The van der Waals surface area contributed by atoms with Crippen molar-refractivity contribution < 1.29 is 18.5 Å². The van der Waals surface area contributed by atoms with Gasteiger partial charge in [-0.15, -0.1) is 0 Å². The number of benzene rings is 2. The van der Waals surface area contributed by atoms with Gasteiger partial charge >= 0.3 is 0 Å². The third-order valence-corrected chi connectivity index (χ3v) is 4.61. The summed E-state index contributed by atoms with van der Waals surface area (Å²) in [5.74, 6) is 0.173.